The zero-order valence-electron chi connectivity index (χ0n) is 18.6. The Bertz CT molecular complexity index is 967. The number of epoxide rings is 1. The fourth-order valence-corrected chi connectivity index (χ4v) is 5.10. The number of fused-ring (bicyclic) bond motifs is 3. The summed E-state index contributed by atoms with van der Waals surface area (Å²) in [5.74, 6) is -1.70. The molecule has 2 saturated heterocycles. The van der Waals surface area contributed by atoms with E-state index in [0.717, 1.165) is 5.56 Å². The third kappa shape index (κ3) is 4.39. The highest BCUT2D eigenvalue weighted by Crippen LogP contribution is 2.59. The Balaban J connectivity index is 1.22. The molecule has 1 aromatic rings. The van der Waals surface area contributed by atoms with Crippen molar-refractivity contribution in [3.8, 4) is 0 Å². The molecule has 3 fully saturated rings. The van der Waals surface area contributed by atoms with Gasteiger partial charge in [0.15, 0.2) is 6.29 Å². The number of aliphatic hydroxyl groups is 5. The second kappa shape index (κ2) is 9.60. The van der Waals surface area contributed by atoms with Gasteiger partial charge in [0, 0.05) is 12.0 Å². The zero-order chi connectivity index (χ0) is 24.7. The molecule has 11 nitrogen and oxygen atoms in total. The van der Waals surface area contributed by atoms with E-state index in [-0.39, 0.29) is 6.61 Å². The van der Waals surface area contributed by atoms with Crippen LogP contribution < -0.4 is 0 Å². The Morgan fingerprint density at radius 2 is 1.80 bits per heavy atom. The van der Waals surface area contributed by atoms with Gasteiger partial charge in [0.1, 0.15) is 42.7 Å². The number of benzene rings is 1. The summed E-state index contributed by atoms with van der Waals surface area (Å²) in [5, 5.41) is 51.5. The van der Waals surface area contributed by atoms with E-state index in [2.05, 4.69) is 0 Å². The Kier molecular flexibility index (Phi) is 6.68. The summed E-state index contributed by atoms with van der Waals surface area (Å²) in [6, 6.07) is 9.11. The highest BCUT2D eigenvalue weighted by Gasteiger charge is 2.75. The van der Waals surface area contributed by atoms with Gasteiger partial charge in [0.25, 0.3) is 0 Å². The first kappa shape index (κ1) is 24.3. The van der Waals surface area contributed by atoms with Gasteiger partial charge in [-0.2, -0.15) is 0 Å². The van der Waals surface area contributed by atoms with Gasteiger partial charge in [0.05, 0.1) is 24.9 Å². The third-order valence-electron chi connectivity index (χ3n) is 7.05. The average molecular weight is 492 g/mol. The van der Waals surface area contributed by atoms with E-state index < -0.39 is 79.2 Å². The van der Waals surface area contributed by atoms with Gasteiger partial charge in [-0.05, 0) is 17.7 Å². The highest BCUT2D eigenvalue weighted by molar-refractivity contribution is 5.87. The fourth-order valence-electron chi connectivity index (χ4n) is 5.10. The van der Waals surface area contributed by atoms with Crippen LogP contribution in [-0.4, -0.2) is 99.5 Å². The Labute approximate surface area is 200 Å². The molecule has 1 aliphatic carbocycles. The Morgan fingerprint density at radius 3 is 2.54 bits per heavy atom. The molecule has 4 aliphatic rings. The van der Waals surface area contributed by atoms with E-state index in [1.807, 2.05) is 30.3 Å². The van der Waals surface area contributed by atoms with Crippen molar-refractivity contribution in [3.63, 3.8) is 0 Å². The first-order valence-corrected chi connectivity index (χ1v) is 11.4. The van der Waals surface area contributed by atoms with Crippen LogP contribution in [0.1, 0.15) is 5.56 Å². The second-order valence-electron chi connectivity index (χ2n) is 9.10. The van der Waals surface area contributed by atoms with Crippen molar-refractivity contribution in [2.75, 3.05) is 13.2 Å². The Morgan fingerprint density at radius 1 is 1.03 bits per heavy atom. The summed E-state index contributed by atoms with van der Waals surface area (Å²) < 4.78 is 27.7. The number of esters is 1. The van der Waals surface area contributed by atoms with Gasteiger partial charge in [-0.15, -0.1) is 0 Å². The molecule has 35 heavy (non-hydrogen) atoms. The van der Waals surface area contributed by atoms with Crippen molar-refractivity contribution in [2.24, 2.45) is 11.8 Å². The standard InChI is InChI=1S/C24H28O11/c25-11-24-16-13(17(27)21(24)35-24)8-9-31-22(16)34-23-20(30)19(29)18(28)14(33-23)10-32-15(26)7-6-12-4-2-1-3-5-12/h1-9,13-14,16-23,25,27-30H,10-11H2/t13-,14+,16-,17-,18+,19-,20+,21-,22-,23-,24+/m0/s1. The zero-order valence-corrected chi connectivity index (χ0v) is 18.6. The van der Waals surface area contributed by atoms with Gasteiger partial charge in [0.2, 0.25) is 6.29 Å². The molecule has 0 amide bonds. The summed E-state index contributed by atoms with van der Waals surface area (Å²) in [5.41, 5.74) is -0.248. The van der Waals surface area contributed by atoms with Gasteiger partial charge in [-0.25, -0.2) is 4.79 Å². The summed E-state index contributed by atoms with van der Waals surface area (Å²) >= 11 is 0. The summed E-state index contributed by atoms with van der Waals surface area (Å²) in [6.45, 7) is -0.776. The molecule has 0 bridgehead atoms. The van der Waals surface area contributed by atoms with Crippen molar-refractivity contribution in [3.05, 3.63) is 54.3 Å². The van der Waals surface area contributed by atoms with Crippen LogP contribution in [0.25, 0.3) is 6.08 Å². The minimum Gasteiger partial charge on any atom is -0.472 e. The molecule has 11 atom stereocenters. The maximum atomic E-state index is 12.1. The highest BCUT2D eigenvalue weighted by atomic mass is 16.8. The number of ether oxygens (including phenoxy) is 5. The number of hydrogen-bond acceptors (Lipinski definition) is 11. The smallest absolute Gasteiger partial charge is 0.330 e. The summed E-state index contributed by atoms with van der Waals surface area (Å²) in [7, 11) is 0. The minimum atomic E-state index is -1.65. The average Bonchev–Trinajstić information content (AvgIpc) is 3.57. The number of carbonyl (C=O) groups excluding carboxylic acids is 1. The molecule has 3 heterocycles. The van der Waals surface area contributed by atoms with Gasteiger partial charge < -0.3 is 49.2 Å². The van der Waals surface area contributed by atoms with Crippen LogP contribution in [-0.2, 0) is 28.5 Å². The van der Waals surface area contributed by atoms with Gasteiger partial charge in [-0.1, -0.05) is 30.3 Å². The first-order chi connectivity index (χ1) is 16.9. The molecule has 5 N–H and O–H groups in total. The van der Waals surface area contributed by atoms with E-state index in [4.69, 9.17) is 23.7 Å². The van der Waals surface area contributed by atoms with Crippen molar-refractivity contribution in [1.82, 2.24) is 0 Å². The molecule has 1 aromatic carbocycles. The van der Waals surface area contributed by atoms with Crippen LogP contribution in [0.5, 0.6) is 0 Å². The predicted molar refractivity (Wildman–Crippen MR) is 116 cm³/mol. The quantitative estimate of drug-likeness (QED) is 0.174. The lowest BCUT2D eigenvalue weighted by Crippen LogP contribution is -2.60. The number of rotatable bonds is 7. The lowest BCUT2D eigenvalue weighted by Gasteiger charge is -2.43. The molecule has 11 heteroatoms. The van der Waals surface area contributed by atoms with E-state index in [1.54, 1.807) is 12.2 Å². The number of aliphatic hydroxyl groups excluding tert-OH is 5. The maximum absolute atomic E-state index is 12.1. The topological polar surface area (TPSA) is 168 Å². The molecule has 190 valence electrons. The van der Waals surface area contributed by atoms with E-state index in [0.29, 0.717) is 0 Å². The molecule has 5 rings (SSSR count). The first-order valence-electron chi connectivity index (χ1n) is 11.4. The van der Waals surface area contributed by atoms with Gasteiger partial charge in [-0.3, -0.25) is 0 Å². The number of hydrogen-bond donors (Lipinski definition) is 5. The molecule has 0 unspecified atom stereocenters. The van der Waals surface area contributed by atoms with Crippen LogP contribution in [0.3, 0.4) is 0 Å². The lowest BCUT2D eigenvalue weighted by molar-refractivity contribution is -0.344. The third-order valence-corrected chi connectivity index (χ3v) is 7.05. The molecule has 0 aromatic heterocycles. The van der Waals surface area contributed by atoms with Crippen molar-refractivity contribution in [1.29, 1.82) is 0 Å². The summed E-state index contributed by atoms with van der Waals surface area (Å²) in [4.78, 5) is 12.1. The van der Waals surface area contributed by atoms with Crippen LogP contribution in [0, 0.1) is 11.8 Å². The van der Waals surface area contributed by atoms with E-state index in [9.17, 15) is 30.3 Å². The van der Waals surface area contributed by atoms with Crippen LogP contribution in [0.2, 0.25) is 0 Å². The summed E-state index contributed by atoms with van der Waals surface area (Å²) in [6.07, 6.45) is -4.23. The van der Waals surface area contributed by atoms with Crippen LogP contribution in [0.4, 0.5) is 0 Å². The molecule has 0 radical (unpaired) electrons. The largest absolute Gasteiger partial charge is 0.472 e. The molecular weight excluding hydrogens is 464 g/mol. The van der Waals surface area contributed by atoms with Crippen LogP contribution >= 0.6 is 0 Å². The molecule has 0 spiro atoms. The maximum Gasteiger partial charge on any atom is 0.330 e. The lowest BCUT2D eigenvalue weighted by atomic mass is 9.85. The van der Waals surface area contributed by atoms with Crippen molar-refractivity contribution >= 4 is 12.0 Å². The van der Waals surface area contributed by atoms with Crippen molar-refractivity contribution in [2.45, 2.75) is 54.8 Å². The van der Waals surface area contributed by atoms with E-state index >= 15 is 0 Å². The minimum absolute atomic E-state index is 0.364. The SMILES string of the molecule is O=C(C=Cc1ccccc1)OC[C@H]1O[C@@H](O[C@@H]2OC=C[C@@H]3[C@H](O)[C@@H]4O[C@]4(CO)[C@H]23)[C@H](O)[C@@H](O)[C@@H]1O. The second-order valence-corrected chi connectivity index (χ2v) is 9.10. The van der Waals surface area contributed by atoms with Gasteiger partial charge >= 0.3 is 5.97 Å². The molecular formula is C24H28O11. The number of carbonyl (C=O) groups is 1. The Hall–Kier alpha value is -2.35. The normalized spacial score (nSPS) is 43.9. The molecule has 1 saturated carbocycles. The molecule has 3 aliphatic heterocycles. The van der Waals surface area contributed by atoms with Crippen LogP contribution in [0.15, 0.2) is 48.7 Å². The monoisotopic (exact) mass is 492 g/mol. The fraction of sp³-hybridized carbons (Fsp3) is 0.542. The predicted octanol–water partition coefficient (Wildman–Crippen LogP) is -1.33. The van der Waals surface area contributed by atoms with Crippen molar-refractivity contribution < 1.29 is 54.0 Å². The van der Waals surface area contributed by atoms with E-state index in [1.165, 1.54) is 12.3 Å².